The number of hydrogen-bond acceptors (Lipinski definition) is 5. The van der Waals surface area contributed by atoms with Crippen LogP contribution in [-0.2, 0) is 0 Å². The van der Waals surface area contributed by atoms with Crippen molar-refractivity contribution < 1.29 is 25.5 Å². The van der Waals surface area contributed by atoms with E-state index in [-0.39, 0.29) is 47.2 Å². The first kappa shape index (κ1) is 24.9. The van der Waals surface area contributed by atoms with Crippen LogP contribution in [0.5, 0.6) is 0 Å². The largest absolute Gasteiger partial charge is 0.396 e. The second-order valence-corrected chi connectivity index (χ2v) is 12.9. The average Bonchev–Trinajstić information content (AvgIpc) is 2.94. The van der Waals surface area contributed by atoms with Crippen LogP contribution in [0.1, 0.15) is 85.5 Å². The van der Waals surface area contributed by atoms with Crippen molar-refractivity contribution in [1.82, 2.24) is 0 Å². The number of aliphatic hydroxyl groups excluding tert-OH is 5. The molecule has 0 spiro atoms. The molecular formula is C27H48O5. The van der Waals surface area contributed by atoms with E-state index in [1.165, 1.54) is 0 Å². The highest BCUT2D eigenvalue weighted by atomic mass is 16.3. The van der Waals surface area contributed by atoms with Crippen molar-refractivity contribution in [2.75, 3.05) is 6.61 Å². The maximum absolute atomic E-state index is 11.4. The molecule has 0 aromatic heterocycles. The van der Waals surface area contributed by atoms with E-state index in [9.17, 15) is 25.5 Å². The van der Waals surface area contributed by atoms with Gasteiger partial charge in [0.1, 0.15) is 0 Å². The van der Waals surface area contributed by atoms with Gasteiger partial charge in [-0.2, -0.15) is 0 Å². The van der Waals surface area contributed by atoms with E-state index in [1.807, 2.05) is 0 Å². The Hall–Kier alpha value is -0.200. The van der Waals surface area contributed by atoms with E-state index in [0.29, 0.717) is 30.6 Å². The summed E-state index contributed by atoms with van der Waals surface area (Å²) in [7, 11) is 0. The molecule has 13 atom stereocenters. The molecule has 0 aliphatic heterocycles. The minimum atomic E-state index is -0.724. The summed E-state index contributed by atoms with van der Waals surface area (Å²) in [6.07, 6.45) is 6.14. The molecule has 32 heavy (non-hydrogen) atoms. The summed E-state index contributed by atoms with van der Waals surface area (Å²) in [6.45, 7) is 9.16. The first-order valence-corrected chi connectivity index (χ1v) is 13.4. The summed E-state index contributed by atoms with van der Waals surface area (Å²) in [5.41, 5.74) is -0.100. The SMILES string of the molecule is CC(CO)CCCC(C)C1[C@@H](O)[C@H](O)C2C3C[C@@H](O)C4C[C@@H](O)CC[C@]4(C)C3CC[C@]12C. The van der Waals surface area contributed by atoms with Crippen LogP contribution in [0.3, 0.4) is 0 Å². The van der Waals surface area contributed by atoms with Crippen molar-refractivity contribution in [3.8, 4) is 0 Å². The van der Waals surface area contributed by atoms with Gasteiger partial charge in [0.05, 0.1) is 24.4 Å². The molecule has 7 unspecified atom stereocenters. The molecule has 0 amide bonds. The monoisotopic (exact) mass is 452 g/mol. The molecule has 4 saturated carbocycles. The van der Waals surface area contributed by atoms with E-state index < -0.39 is 18.3 Å². The van der Waals surface area contributed by atoms with Gasteiger partial charge in [0.15, 0.2) is 0 Å². The van der Waals surface area contributed by atoms with Crippen LogP contribution in [0.2, 0.25) is 0 Å². The molecule has 0 aromatic rings. The lowest BCUT2D eigenvalue weighted by Crippen LogP contribution is -2.59. The van der Waals surface area contributed by atoms with Gasteiger partial charge in [0.2, 0.25) is 0 Å². The van der Waals surface area contributed by atoms with Crippen LogP contribution in [0.4, 0.5) is 0 Å². The fraction of sp³-hybridized carbons (Fsp3) is 1.00. The summed E-state index contributed by atoms with van der Waals surface area (Å²) >= 11 is 0. The highest BCUT2D eigenvalue weighted by molar-refractivity contribution is 5.15. The second-order valence-electron chi connectivity index (χ2n) is 12.9. The molecule has 0 saturated heterocycles. The van der Waals surface area contributed by atoms with Crippen LogP contribution in [0, 0.1) is 52.3 Å². The van der Waals surface area contributed by atoms with Crippen molar-refractivity contribution in [2.24, 2.45) is 52.3 Å². The van der Waals surface area contributed by atoms with Crippen molar-refractivity contribution in [3.63, 3.8) is 0 Å². The van der Waals surface area contributed by atoms with Gasteiger partial charge in [-0.15, -0.1) is 0 Å². The first-order valence-electron chi connectivity index (χ1n) is 13.4. The molecule has 0 bridgehead atoms. The van der Waals surface area contributed by atoms with Crippen molar-refractivity contribution in [1.29, 1.82) is 0 Å². The average molecular weight is 453 g/mol. The smallest absolute Gasteiger partial charge is 0.0838 e. The standard InChI is InChI=1S/C27H48O5/c1-15(14-28)6-5-7-16(2)22-24(31)25(32)23-18-13-21(30)20-12-17(29)8-10-26(20,3)19(18)9-11-27(22,23)4/h15-25,28-32H,5-14H2,1-4H3/t15?,16?,17-,18?,19?,20?,21+,22?,23?,24+,25+,26+,27+/m0/s1. The van der Waals surface area contributed by atoms with Gasteiger partial charge >= 0.3 is 0 Å². The van der Waals surface area contributed by atoms with E-state index in [2.05, 4.69) is 27.7 Å². The first-order chi connectivity index (χ1) is 15.0. The molecule has 4 aliphatic rings. The van der Waals surface area contributed by atoms with Crippen LogP contribution in [0.25, 0.3) is 0 Å². The Kier molecular flexibility index (Phi) is 7.09. The van der Waals surface area contributed by atoms with Crippen LogP contribution >= 0.6 is 0 Å². The lowest BCUT2D eigenvalue weighted by Gasteiger charge is -2.62. The van der Waals surface area contributed by atoms with Gasteiger partial charge in [-0.1, -0.05) is 40.5 Å². The summed E-state index contributed by atoms with van der Waals surface area (Å²) in [5, 5.41) is 53.4. The highest BCUT2D eigenvalue weighted by Crippen LogP contribution is 2.68. The third kappa shape index (κ3) is 3.88. The Balaban J connectivity index is 1.55. The molecule has 0 heterocycles. The van der Waals surface area contributed by atoms with Crippen LogP contribution in [-0.4, -0.2) is 56.6 Å². The molecule has 186 valence electrons. The maximum Gasteiger partial charge on any atom is 0.0838 e. The Morgan fingerprint density at radius 2 is 1.53 bits per heavy atom. The van der Waals surface area contributed by atoms with Gasteiger partial charge in [-0.05, 0) is 97.2 Å². The molecule has 4 fully saturated rings. The lowest BCUT2D eigenvalue weighted by molar-refractivity contribution is -0.181. The van der Waals surface area contributed by atoms with Gasteiger partial charge in [-0.3, -0.25) is 0 Å². The lowest BCUT2D eigenvalue weighted by atomic mass is 9.43. The van der Waals surface area contributed by atoms with E-state index >= 15 is 0 Å². The van der Waals surface area contributed by atoms with E-state index in [1.54, 1.807) is 0 Å². The van der Waals surface area contributed by atoms with Crippen molar-refractivity contribution in [2.45, 2.75) is 110 Å². The fourth-order valence-electron chi connectivity index (χ4n) is 9.45. The van der Waals surface area contributed by atoms with Crippen LogP contribution in [0.15, 0.2) is 0 Å². The van der Waals surface area contributed by atoms with Gasteiger partial charge in [0, 0.05) is 6.61 Å². The summed E-state index contributed by atoms with van der Waals surface area (Å²) < 4.78 is 0. The van der Waals surface area contributed by atoms with E-state index in [0.717, 1.165) is 44.9 Å². The molecule has 5 N–H and O–H groups in total. The molecule has 0 radical (unpaired) electrons. The Labute approximate surface area is 194 Å². The quantitative estimate of drug-likeness (QED) is 0.425. The molecule has 0 aromatic carbocycles. The molecule has 4 aliphatic carbocycles. The van der Waals surface area contributed by atoms with Crippen molar-refractivity contribution >= 4 is 0 Å². The number of hydrogen-bond donors (Lipinski definition) is 5. The Morgan fingerprint density at radius 1 is 0.844 bits per heavy atom. The zero-order valence-electron chi connectivity index (χ0n) is 20.7. The van der Waals surface area contributed by atoms with Crippen molar-refractivity contribution in [3.05, 3.63) is 0 Å². The fourth-order valence-corrected chi connectivity index (χ4v) is 9.45. The summed E-state index contributed by atoms with van der Waals surface area (Å²) in [5.74, 6) is 1.55. The predicted octanol–water partition coefficient (Wildman–Crippen LogP) is 3.35. The molecular weight excluding hydrogens is 404 g/mol. The third-order valence-corrected chi connectivity index (χ3v) is 11.1. The minimum absolute atomic E-state index is 0.0116. The van der Waals surface area contributed by atoms with E-state index in [4.69, 9.17) is 0 Å². The highest BCUT2D eigenvalue weighted by Gasteiger charge is 2.67. The summed E-state index contributed by atoms with van der Waals surface area (Å²) in [4.78, 5) is 0. The number of rotatable bonds is 6. The van der Waals surface area contributed by atoms with Gasteiger partial charge in [-0.25, -0.2) is 0 Å². The third-order valence-electron chi connectivity index (χ3n) is 11.1. The summed E-state index contributed by atoms with van der Waals surface area (Å²) in [6, 6.07) is 0. The topological polar surface area (TPSA) is 101 Å². The zero-order valence-corrected chi connectivity index (χ0v) is 20.7. The maximum atomic E-state index is 11.4. The van der Waals surface area contributed by atoms with Crippen LogP contribution < -0.4 is 0 Å². The number of fused-ring (bicyclic) bond motifs is 5. The zero-order chi connectivity index (χ0) is 23.4. The second kappa shape index (κ2) is 9.11. The molecule has 5 heteroatoms. The molecule has 4 rings (SSSR count). The Morgan fingerprint density at radius 3 is 2.22 bits per heavy atom. The normalized spacial score (nSPS) is 52.6. The molecule has 5 nitrogen and oxygen atoms in total. The van der Waals surface area contributed by atoms with Gasteiger partial charge in [0.25, 0.3) is 0 Å². The number of aliphatic hydroxyl groups is 5. The minimum Gasteiger partial charge on any atom is -0.396 e. The van der Waals surface area contributed by atoms with Gasteiger partial charge < -0.3 is 25.5 Å². The Bertz CT molecular complexity index is 656. The predicted molar refractivity (Wildman–Crippen MR) is 125 cm³/mol.